The van der Waals surface area contributed by atoms with E-state index < -0.39 is 6.10 Å². The van der Waals surface area contributed by atoms with Gasteiger partial charge in [-0.3, -0.25) is 0 Å². The zero-order valence-corrected chi connectivity index (χ0v) is 11.8. The van der Waals surface area contributed by atoms with Crippen LogP contribution in [0.15, 0.2) is 24.3 Å². The van der Waals surface area contributed by atoms with Gasteiger partial charge in [-0.2, -0.15) is 0 Å². The number of rotatable bonds is 5. The predicted molar refractivity (Wildman–Crippen MR) is 77.8 cm³/mol. The van der Waals surface area contributed by atoms with Crippen molar-refractivity contribution in [2.45, 2.75) is 44.1 Å². The van der Waals surface area contributed by atoms with Gasteiger partial charge in [0, 0.05) is 12.5 Å². The van der Waals surface area contributed by atoms with Crippen molar-refractivity contribution >= 4 is 0 Å². The molecule has 5 unspecified atom stereocenters. The van der Waals surface area contributed by atoms with Gasteiger partial charge in [0.2, 0.25) is 0 Å². The number of benzene rings is 1. The normalized spacial score (nSPS) is 31.4. The van der Waals surface area contributed by atoms with Crippen LogP contribution in [0.1, 0.15) is 43.6 Å². The average molecular weight is 277 g/mol. The lowest BCUT2D eigenvalue weighted by atomic mass is 9.80. The van der Waals surface area contributed by atoms with Gasteiger partial charge in [0.25, 0.3) is 0 Å². The maximum atomic E-state index is 13.0. The van der Waals surface area contributed by atoms with E-state index in [9.17, 15) is 9.50 Å². The third-order valence-electron chi connectivity index (χ3n) is 5.45. The molecule has 20 heavy (non-hydrogen) atoms. The molecule has 0 radical (unpaired) electrons. The fourth-order valence-electron chi connectivity index (χ4n) is 4.36. The molecule has 0 aliphatic heterocycles. The Morgan fingerprint density at radius 3 is 2.50 bits per heavy atom. The number of aliphatic hydroxyl groups is 1. The van der Waals surface area contributed by atoms with Crippen molar-refractivity contribution in [1.29, 1.82) is 0 Å². The molecule has 110 valence electrons. The molecule has 2 fully saturated rings. The number of hydrogen-bond acceptors (Lipinski definition) is 2. The molecule has 0 aromatic heterocycles. The van der Waals surface area contributed by atoms with Gasteiger partial charge in [-0.1, -0.05) is 18.6 Å². The minimum Gasteiger partial charge on any atom is -0.392 e. The summed E-state index contributed by atoms with van der Waals surface area (Å²) in [7, 11) is 0. The molecule has 1 aromatic carbocycles. The molecule has 0 heterocycles. The summed E-state index contributed by atoms with van der Waals surface area (Å²) in [6.45, 7) is 0.410. The monoisotopic (exact) mass is 277 g/mol. The van der Waals surface area contributed by atoms with E-state index in [-0.39, 0.29) is 11.7 Å². The third-order valence-corrected chi connectivity index (χ3v) is 5.45. The van der Waals surface area contributed by atoms with E-state index in [1.165, 1.54) is 37.8 Å². The number of nitrogens with two attached hydrogens (primary N) is 1. The third kappa shape index (κ3) is 2.75. The van der Waals surface area contributed by atoms with Gasteiger partial charge in [-0.05, 0) is 61.1 Å². The molecule has 0 saturated heterocycles. The summed E-state index contributed by atoms with van der Waals surface area (Å²) in [5, 5.41) is 10.5. The van der Waals surface area contributed by atoms with Gasteiger partial charge in [0.1, 0.15) is 5.82 Å². The summed E-state index contributed by atoms with van der Waals surface area (Å²) in [5.41, 5.74) is 6.79. The molecule has 2 bridgehead atoms. The minimum absolute atomic E-state index is 0.0743. The van der Waals surface area contributed by atoms with Gasteiger partial charge in [0.05, 0.1) is 6.10 Å². The topological polar surface area (TPSA) is 46.2 Å². The van der Waals surface area contributed by atoms with Gasteiger partial charge in [-0.25, -0.2) is 4.39 Å². The van der Waals surface area contributed by atoms with E-state index in [1.807, 2.05) is 0 Å². The Morgan fingerprint density at radius 2 is 1.95 bits per heavy atom. The van der Waals surface area contributed by atoms with E-state index in [1.54, 1.807) is 12.1 Å². The Morgan fingerprint density at radius 1 is 1.20 bits per heavy atom. The fraction of sp³-hybridized carbons (Fsp3) is 0.647. The van der Waals surface area contributed by atoms with Crippen molar-refractivity contribution < 1.29 is 9.50 Å². The van der Waals surface area contributed by atoms with E-state index in [4.69, 9.17) is 5.73 Å². The largest absolute Gasteiger partial charge is 0.392 e. The van der Waals surface area contributed by atoms with Crippen LogP contribution in [0.25, 0.3) is 0 Å². The Kier molecular flexibility index (Phi) is 4.08. The molecule has 2 nitrogen and oxygen atoms in total. The average Bonchev–Trinajstić information content (AvgIpc) is 3.04. The first kappa shape index (κ1) is 14.0. The van der Waals surface area contributed by atoms with E-state index in [0.717, 1.165) is 23.8 Å². The van der Waals surface area contributed by atoms with Crippen LogP contribution in [-0.4, -0.2) is 17.8 Å². The quantitative estimate of drug-likeness (QED) is 0.869. The second-order valence-electron chi connectivity index (χ2n) is 6.63. The highest BCUT2D eigenvalue weighted by Crippen LogP contribution is 2.50. The van der Waals surface area contributed by atoms with Crippen LogP contribution in [0.2, 0.25) is 0 Å². The summed E-state index contributed by atoms with van der Waals surface area (Å²) in [6, 6.07) is 6.39. The lowest BCUT2D eigenvalue weighted by Gasteiger charge is -2.28. The van der Waals surface area contributed by atoms with Gasteiger partial charge >= 0.3 is 0 Å². The first-order valence-electron chi connectivity index (χ1n) is 7.81. The summed E-state index contributed by atoms with van der Waals surface area (Å²) in [6.07, 6.45) is 5.81. The number of hydrogen-bond donors (Lipinski definition) is 2. The molecular weight excluding hydrogens is 253 g/mol. The highest BCUT2D eigenvalue weighted by molar-refractivity contribution is 5.22. The molecule has 3 rings (SSSR count). The minimum atomic E-state index is -0.408. The molecule has 0 spiro atoms. The maximum absolute atomic E-state index is 13.0. The molecular formula is C17H24FNO. The molecule has 5 atom stereocenters. The second kappa shape index (κ2) is 5.82. The predicted octanol–water partition coefficient (Wildman–Crippen LogP) is 3.06. The first-order chi connectivity index (χ1) is 9.67. The molecule has 2 aliphatic carbocycles. The smallest absolute Gasteiger partial charge is 0.123 e. The molecule has 0 amide bonds. The zero-order valence-electron chi connectivity index (χ0n) is 11.8. The fourth-order valence-corrected chi connectivity index (χ4v) is 4.36. The van der Waals surface area contributed by atoms with E-state index in [0.29, 0.717) is 12.5 Å². The van der Waals surface area contributed by atoms with Crippen LogP contribution in [0, 0.1) is 23.6 Å². The van der Waals surface area contributed by atoms with E-state index in [2.05, 4.69) is 0 Å². The van der Waals surface area contributed by atoms with Gasteiger partial charge < -0.3 is 10.8 Å². The van der Waals surface area contributed by atoms with Crippen LogP contribution in [0.5, 0.6) is 0 Å². The Bertz CT molecular complexity index is 447. The molecule has 2 aliphatic rings. The molecule has 1 aromatic rings. The van der Waals surface area contributed by atoms with Crippen molar-refractivity contribution in [2.24, 2.45) is 23.5 Å². The summed E-state index contributed by atoms with van der Waals surface area (Å²) < 4.78 is 13.0. The van der Waals surface area contributed by atoms with Crippen LogP contribution in [0.3, 0.4) is 0 Å². The first-order valence-corrected chi connectivity index (χ1v) is 7.81. The molecule has 2 saturated carbocycles. The van der Waals surface area contributed by atoms with E-state index >= 15 is 0 Å². The van der Waals surface area contributed by atoms with Crippen molar-refractivity contribution in [3.05, 3.63) is 35.6 Å². The summed E-state index contributed by atoms with van der Waals surface area (Å²) in [5.74, 6) is 2.07. The Hall–Kier alpha value is -0.930. The molecule has 3 heteroatoms. The summed E-state index contributed by atoms with van der Waals surface area (Å²) >= 11 is 0. The van der Waals surface area contributed by atoms with Crippen LogP contribution in [0.4, 0.5) is 4.39 Å². The van der Waals surface area contributed by atoms with Gasteiger partial charge in [-0.15, -0.1) is 0 Å². The summed E-state index contributed by atoms with van der Waals surface area (Å²) in [4.78, 5) is 0. The van der Waals surface area contributed by atoms with Crippen LogP contribution < -0.4 is 5.73 Å². The Labute approximate surface area is 120 Å². The zero-order chi connectivity index (χ0) is 14.1. The van der Waals surface area contributed by atoms with Crippen LogP contribution >= 0.6 is 0 Å². The highest BCUT2D eigenvalue weighted by atomic mass is 19.1. The van der Waals surface area contributed by atoms with Gasteiger partial charge in [0.15, 0.2) is 0 Å². The standard InChI is InChI=1S/C17H24FNO/c18-15-5-3-12(4-6-15)16(10-19)17(20)9-14-8-11-1-2-13(14)7-11/h3-6,11,13-14,16-17,20H,1-2,7-10,19H2. The Balaban J connectivity index is 1.65. The lowest BCUT2D eigenvalue weighted by molar-refractivity contribution is 0.101. The molecule has 3 N–H and O–H groups in total. The second-order valence-corrected chi connectivity index (χ2v) is 6.63. The number of halogens is 1. The maximum Gasteiger partial charge on any atom is 0.123 e. The number of fused-ring (bicyclic) bond motifs is 2. The van der Waals surface area contributed by atoms with Crippen molar-refractivity contribution in [3.63, 3.8) is 0 Å². The number of aliphatic hydroxyl groups excluding tert-OH is 1. The van der Waals surface area contributed by atoms with Crippen molar-refractivity contribution in [1.82, 2.24) is 0 Å². The highest BCUT2D eigenvalue weighted by Gasteiger charge is 2.40. The van der Waals surface area contributed by atoms with Crippen molar-refractivity contribution in [2.75, 3.05) is 6.54 Å². The lowest BCUT2D eigenvalue weighted by Crippen LogP contribution is -2.29. The SMILES string of the molecule is NCC(c1ccc(F)cc1)C(O)CC1CC2CCC1C2. The van der Waals surface area contributed by atoms with Crippen LogP contribution in [-0.2, 0) is 0 Å². The van der Waals surface area contributed by atoms with Crippen molar-refractivity contribution in [3.8, 4) is 0 Å².